The Morgan fingerprint density at radius 3 is 2.29 bits per heavy atom. The molecule has 0 spiro atoms. The zero-order valence-corrected chi connectivity index (χ0v) is 8.87. The van der Waals surface area contributed by atoms with Gasteiger partial charge in [0.1, 0.15) is 6.26 Å². The van der Waals surface area contributed by atoms with Crippen molar-refractivity contribution in [3.05, 3.63) is 24.5 Å². The molecule has 1 N–H and O–H groups in total. The third-order valence-electron chi connectivity index (χ3n) is 2.31. The van der Waals surface area contributed by atoms with Crippen molar-refractivity contribution < 1.29 is 4.84 Å². The van der Waals surface area contributed by atoms with Gasteiger partial charge in [-0.1, -0.05) is 18.6 Å². The lowest BCUT2D eigenvalue weighted by Crippen LogP contribution is -2.09. The number of nitrogens with one attached hydrogen (secondary N) is 1. The zero-order valence-electron chi connectivity index (χ0n) is 8.87. The Bertz CT molecular complexity index is 139. The van der Waals surface area contributed by atoms with Crippen LogP contribution in [0.25, 0.3) is 0 Å². The van der Waals surface area contributed by atoms with Crippen LogP contribution in [0.4, 0.5) is 0 Å². The van der Waals surface area contributed by atoms with Crippen LogP contribution in [-0.4, -0.2) is 6.54 Å². The molecular weight excluding hydrogens is 174 g/mol. The summed E-state index contributed by atoms with van der Waals surface area (Å²) in [6.45, 7) is 0.965. The highest BCUT2D eigenvalue weighted by molar-refractivity contribution is 4.83. The average Bonchev–Trinajstić information content (AvgIpc) is 2.68. The molecule has 0 aromatic carbocycles. The number of hydrogen-bond donors (Lipinski definition) is 1. The van der Waals surface area contributed by atoms with Gasteiger partial charge < -0.3 is 4.84 Å². The maximum Gasteiger partial charge on any atom is 0.107 e. The number of hydrogen-bond acceptors (Lipinski definition) is 2. The Balaban J connectivity index is 0.000000140. The first-order valence-corrected chi connectivity index (χ1v) is 5.68. The van der Waals surface area contributed by atoms with E-state index in [0.29, 0.717) is 0 Å². The van der Waals surface area contributed by atoms with E-state index in [1.165, 1.54) is 38.5 Å². The molecule has 2 rings (SSSR count). The second kappa shape index (κ2) is 8.82. The van der Waals surface area contributed by atoms with Crippen molar-refractivity contribution in [2.24, 2.45) is 0 Å². The Morgan fingerprint density at radius 1 is 0.786 bits per heavy atom. The van der Waals surface area contributed by atoms with Crippen LogP contribution >= 0.6 is 0 Å². The van der Waals surface area contributed by atoms with E-state index in [9.17, 15) is 0 Å². The van der Waals surface area contributed by atoms with Crippen molar-refractivity contribution in [3.63, 3.8) is 0 Å². The molecule has 0 saturated heterocycles. The lowest BCUT2D eigenvalue weighted by Gasteiger charge is -1.93. The molecule has 0 aromatic rings. The van der Waals surface area contributed by atoms with Crippen molar-refractivity contribution in [1.29, 1.82) is 0 Å². The van der Waals surface area contributed by atoms with E-state index in [2.05, 4.69) is 17.6 Å². The van der Waals surface area contributed by atoms with Crippen LogP contribution < -0.4 is 5.48 Å². The summed E-state index contributed by atoms with van der Waals surface area (Å²) in [6.07, 6.45) is 17.5. The molecular formula is C12H21NO. The number of rotatable bonds is 0. The van der Waals surface area contributed by atoms with Gasteiger partial charge in [0.2, 0.25) is 0 Å². The monoisotopic (exact) mass is 195 g/mol. The molecule has 0 fully saturated rings. The van der Waals surface area contributed by atoms with Gasteiger partial charge in [-0.25, -0.2) is 0 Å². The molecule has 0 atom stereocenters. The normalized spacial score (nSPS) is 21.1. The van der Waals surface area contributed by atoms with E-state index in [1.807, 2.05) is 6.08 Å². The molecule has 2 heteroatoms. The summed E-state index contributed by atoms with van der Waals surface area (Å²) in [5, 5.41) is 0. The van der Waals surface area contributed by atoms with Gasteiger partial charge in [0.15, 0.2) is 0 Å². The van der Waals surface area contributed by atoms with Crippen molar-refractivity contribution >= 4 is 0 Å². The van der Waals surface area contributed by atoms with E-state index in [1.54, 1.807) is 6.26 Å². The highest BCUT2D eigenvalue weighted by atomic mass is 16.6. The van der Waals surface area contributed by atoms with Gasteiger partial charge in [-0.2, -0.15) is 5.48 Å². The summed E-state index contributed by atoms with van der Waals surface area (Å²) < 4.78 is 0. The van der Waals surface area contributed by atoms with E-state index in [0.717, 1.165) is 13.0 Å². The molecule has 0 radical (unpaired) electrons. The minimum Gasteiger partial charge on any atom is -0.417 e. The van der Waals surface area contributed by atoms with E-state index >= 15 is 0 Å². The first-order chi connectivity index (χ1) is 7.00. The van der Waals surface area contributed by atoms with Crippen LogP contribution in [-0.2, 0) is 4.84 Å². The SMILES string of the molecule is C1=CCCCCC1.C1=CONCCC1. The van der Waals surface area contributed by atoms with E-state index < -0.39 is 0 Å². The molecule has 14 heavy (non-hydrogen) atoms. The van der Waals surface area contributed by atoms with Crippen LogP contribution in [0.1, 0.15) is 44.9 Å². The van der Waals surface area contributed by atoms with Crippen molar-refractivity contribution in [1.82, 2.24) is 5.48 Å². The van der Waals surface area contributed by atoms with E-state index in [-0.39, 0.29) is 0 Å². The van der Waals surface area contributed by atoms with Crippen LogP contribution in [0.5, 0.6) is 0 Å². The first-order valence-electron chi connectivity index (χ1n) is 5.68. The topological polar surface area (TPSA) is 21.3 Å². The average molecular weight is 195 g/mol. The molecule has 0 saturated carbocycles. The first kappa shape index (κ1) is 11.3. The maximum atomic E-state index is 4.76. The molecule has 0 amide bonds. The smallest absolute Gasteiger partial charge is 0.107 e. The van der Waals surface area contributed by atoms with Gasteiger partial charge in [0.25, 0.3) is 0 Å². The molecule has 0 aromatic heterocycles. The third-order valence-corrected chi connectivity index (χ3v) is 2.31. The van der Waals surface area contributed by atoms with Gasteiger partial charge in [0, 0.05) is 6.54 Å². The van der Waals surface area contributed by atoms with Gasteiger partial charge in [-0.15, -0.1) is 0 Å². The maximum absolute atomic E-state index is 4.76. The van der Waals surface area contributed by atoms with Crippen LogP contribution in [0.3, 0.4) is 0 Å². The van der Waals surface area contributed by atoms with E-state index in [4.69, 9.17) is 4.84 Å². The second-order valence-electron chi connectivity index (χ2n) is 3.64. The van der Waals surface area contributed by atoms with Gasteiger partial charge in [-0.05, 0) is 44.6 Å². The quantitative estimate of drug-likeness (QED) is 0.599. The summed E-state index contributed by atoms with van der Waals surface area (Å²) in [5.74, 6) is 0. The predicted octanol–water partition coefficient (Wildman–Crippen LogP) is 3.32. The third kappa shape index (κ3) is 6.72. The predicted molar refractivity (Wildman–Crippen MR) is 59.7 cm³/mol. The number of allylic oxidation sites excluding steroid dienone is 3. The minimum absolute atomic E-state index is 0.965. The standard InChI is InChI=1S/C7H12.C5H9NO/c2*1-2-4-6-7-5-3-1/h1-2H,3-7H2;3,5-6H,1-2,4H2. The summed E-state index contributed by atoms with van der Waals surface area (Å²) in [5.41, 5.74) is 2.76. The fraction of sp³-hybridized carbons (Fsp3) is 0.667. The molecule has 1 aliphatic carbocycles. The Kier molecular flexibility index (Phi) is 7.13. The molecule has 2 aliphatic rings. The summed E-state index contributed by atoms with van der Waals surface area (Å²) in [6, 6.07) is 0. The highest BCUT2D eigenvalue weighted by Gasteiger charge is 1.88. The van der Waals surface area contributed by atoms with Gasteiger partial charge in [-0.3, -0.25) is 0 Å². The fourth-order valence-electron chi connectivity index (χ4n) is 1.45. The van der Waals surface area contributed by atoms with Gasteiger partial charge >= 0.3 is 0 Å². The minimum atomic E-state index is 0.965. The Hall–Kier alpha value is -0.760. The summed E-state index contributed by atoms with van der Waals surface area (Å²) >= 11 is 0. The highest BCUT2D eigenvalue weighted by Crippen LogP contribution is 2.08. The second-order valence-corrected chi connectivity index (χ2v) is 3.64. The Labute approximate surface area is 87.0 Å². The molecule has 1 heterocycles. The molecule has 1 aliphatic heterocycles. The largest absolute Gasteiger partial charge is 0.417 e. The van der Waals surface area contributed by atoms with Crippen molar-refractivity contribution in [3.8, 4) is 0 Å². The summed E-state index contributed by atoms with van der Waals surface area (Å²) in [7, 11) is 0. The molecule has 80 valence electrons. The number of hydroxylamine groups is 1. The molecule has 0 unspecified atom stereocenters. The lowest BCUT2D eigenvalue weighted by atomic mass is 10.2. The van der Waals surface area contributed by atoms with Crippen molar-refractivity contribution in [2.45, 2.75) is 44.9 Å². The lowest BCUT2D eigenvalue weighted by molar-refractivity contribution is 0.140. The summed E-state index contributed by atoms with van der Waals surface area (Å²) in [4.78, 5) is 4.76. The van der Waals surface area contributed by atoms with Crippen LogP contribution in [0.2, 0.25) is 0 Å². The molecule has 2 nitrogen and oxygen atoms in total. The zero-order chi connectivity index (χ0) is 9.90. The fourth-order valence-corrected chi connectivity index (χ4v) is 1.45. The van der Waals surface area contributed by atoms with Gasteiger partial charge in [0.05, 0.1) is 0 Å². The Morgan fingerprint density at radius 2 is 1.50 bits per heavy atom. The van der Waals surface area contributed by atoms with Crippen LogP contribution in [0, 0.1) is 0 Å². The van der Waals surface area contributed by atoms with Crippen LogP contribution in [0.15, 0.2) is 24.5 Å². The van der Waals surface area contributed by atoms with Crippen molar-refractivity contribution in [2.75, 3.05) is 6.54 Å². The molecule has 0 bridgehead atoms.